The molecule has 1 amide bonds. The molecule has 0 spiro atoms. The van der Waals surface area contributed by atoms with Crippen LogP contribution in [-0.2, 0) is 16.0 Å². The normalized spacial score (nSPS) is 23.7. The molecule has 3 rings (SSSR count). The van der Waals surface area contributed by atoms with Crippen LogP contribution in [0.1, 0.15) is 30.7 Å². The van der Waals surface area contributed by atoms with Gasteiger partial charge in [-0.3, -0.25) is 9.69 Å². The Morgan fingerprint density at radius 3 is 2.86 bits per heavy atom. The van der Waals surface area contributed by atoms with E-state index < -0.39 is 0 Å². The van der Waals surface area contributed by atoms with Gasteiger partial charge in [0.05, 0.1) is 25.3 Å². The van der Waals surface area contributed by atoms with Crippen molar-refractivity contribution in [2.75, 3.05) is 39.4 Å². The Morgan fingerprint density at radius 2 is 2.14 bits per heavy atom. The topological polar surface area (TPSA) is 58.8 Å². The fourth-order valence-electron chi connectivity index (χ4n) is 3.35. The number of rotatable bonds is 4. The van der Waals surface area contributed by atoms with Crippen molar-refractivity contribution in [3.8, 4) is 0 Å². The minimum atomic E-state index is 0.161. The molecule has 2 aliphatic rings. The van der Waals surface area contributed by atoms with E-state index in [2.05, 4.69) is 15.0 Å². The molecule has 6 nitrogen and oxygen atoms in total. The maximum Gasteiger partial charge on any atom is 0.230 e. The van der Waals surface area contributed by atoms with Crippen LogP contribution in [0.5, 0.6) is 0 Å². The Morgan fingerprint density at radius 1 is 1.32 bits per heavy atom. The molecule has 122 valence electrons. The summed E-state index contributed by atoms with van der Waals surface area (Å²) in [5, 5.41) is 3.86. The van der Waals surface area contributed by atoms with Crippen LogP contribution < -0.4 is 0 Å². The largest absolute Gasteiger partial charge is 0.379 e. The lowest BCUT2D eigenvalue weighted by Gasteiger charge is -2.39. The molecule has 2 saturated heterocycles. The molecule has 0 radical (unpaired) electrons. The predicted octanol–water partition coefficient (Wildman–Crippen LogP) is 1.24. The zero-order valence-electron chi connectivity index (χ0n) is 13.3. The highest BCUT2D eigenvalue weighted by Gasteiger charge is 2.29. The van der Waals surface area contributed by atoms with E-state index in [4.69, 9.17) is 9.26 Å². The Bertz CT molecular complexity index is 497. The molecule has 1 unspecified atom stereocenters. The minimum Gasteiger partial charge on any atom is -0.379 e. The molecule has 2 aliphatic heterocycles. The van der Waals surface area contributed by atoms with Gasteiger partial charge < -0.3 is 14.2 Å². The van der Waals surface area contributed by atoms with Crippen LogP contribution in [0.4, 0.5) is 0 Å². The van der Waals surface area contributed by atoms with Crippen LogP contribution in [0, 0.1) is 6.92 Å². The molecular formula is C16H25N3O3. The summed E-state index contributed by atoms with van der Waals surface area (Å²) in [5.41, 5.74) is 0.825. The number of piperidine rings is 1. The Labute approximate surface area is 131 Å². The number of nitrogens with zero attached hydrogens (tertiary/aromatic N) is 3. The predicted molar refractivity (Wildman–Crippen MR) is 81.6 cm³/mol. The van der Waals surface area contributed by atoms with E-state index in [0.717, 1.165) is 57.9 Å². The van der Waals surface area contributed by atoms with Crippen LogP contribution in [0.3, 0.4) is 0 Å². The summed E-state index contributed by atoms with van der Waals surface area (Å²) in [7, 11) is 0. The van der Waals surface area contributed by atoms with Crippen LogP contribution in [0.2, 0.25) is 0 Å². The lowest BCUT2D eigenvalue weighted by Crippen LogP contribution is -2.51. The molecular weight excluding hydrogens is 282 g/mol. The van der Waals surface area contributed by atoms with Crippen molar-refractivity contribution < 1.29 is 14.1 Å². The van der Waals surface area contributed by atoms with Crippen LogP contribution in [0.25, 0.3) is 0 Å². The monoisotopic (exact) mass is 307 g/mol. The maximum absolute atomic E-state index is 12.6. The molecule has 1 aromatic heterocycles. The second-order valence-electron chi connectivity index (χ2n) is 6.26. The van der Waals surface area contributed by atoms with E-state index in [1.807, 2.05) is 13.0 Å². The number of hydrogen-bond acceptors (Lipinski definition) is 5. The number of ether oxygens (including phenoxy) is 1. The number of carbonyl (C=O) groups is 1. The molecule has 0 saturated carbocycles. The van der Waals surface area contributed by atoms with E-state index in [9.17, 15) is 4.79 Å². The van der Waals surface area contributed by atoms with Crippen LogP contribution >= 0.6 is 0 Å². The van der Waals surface area contributed by atoms with Crippen molar-refractivity contribution in [2.24, 2.45) is 0 Å². The lowest BCUT2D eigenvalue weighted by atomic mass is 10.0. The number of aryl methyl sites for hydroxylation is 1. The van der Waals surface area contributed by atoms with Gasteiger partial charge in [-0.15, -0.1) is 0 Å². The summed E-state index contributed by atoms with van der Waals surface area (Å²) < 4.78 is 10.6. The van der Waals surface area contributed by atoms with Crippen molar-refractivity contribution >= 4 is 5.91 Å². The number of carbonyl (C=O) groups excluding carboxylic acids is 1. The van der Waals surface area contributed by atoms with Gasteiger partial charge in [0.2, 0.25) is 5.91 Å². The lowest BCUT2D eigenvalue weighted by molar-refractivity contribution is -0.135. The smallest absolute Gasteiger partial charge is 0.230 e. The van der Waals surface area contributed by atoms with E-state index in [1.54, 1.807) is 0 Å². The SMILES string of the molecule is Cc1cc(CC(=O)N2CCCCC2CN2CCOCC2)on1. The molecule has 1 aromatic rings. The van der Waals surface area contributed by atoms with Gasteiger partial charge in [0, 0.05) is 38.3 Å². The van der Waals surface area contributed by atoms with Gasteiger partial charge in [0.1, 0.15) is 5.76 Å². The van der Waals surface area contributed by atoms with E-state index >= 15 is 0 Å². The van der Waals surface area contributed by atoms with Gasteiger partial charge in [-0.1, -0.05) is 5.16 Å². The van der Waals surface area contributed by atoms with Gasteiger partial charge in [0.15, 0.2) is 0 Å². The third-order valence-electron chi connectivity index (χ3n) is 4.52. The maximum atomic E-state index is 12.6. The quantitative estimate of drug-likeness (QED) is 0.837. The van der Waals surface area contributed by atoms with Crippen molar-refractivity contribution in [1.82, 2.24) is 15.0 Å². The van der Waals surface area contributed by atoms with Crippen LogP contribution in [0.15, 0.2) is 10.6 Å². The average Bonchev–Trinajstić information content (AvgIpc) is 2.94. The minimum absolute atomic E-state index is 0.161. The second kappa shape index (κ2) is 7.24. The molecule has 2 fully saturated rings. The van der Waals surface area contributed by atoms with Crippen molar-refractivity contribution in [3.63, 3.8) is 0 Å². The van der Waals surface area contributed by atoms with Crippen LogP contribution in [-0.4, -0.2) is 66.3 Å². The zero-order valence-corrected chi connectivity index (χ0v) is 13.3. The summed E-state index contributed by atoms with van der Waals surface area (Å²) in [6.45, 7) is 7.25. The van der Waals surface area contributed by atoms with Gasteiger partial charge in [-0.2, -0.15) is 0 Å². The fraction of sp³-hybridized carbons (Fsp3) is 0.750. The summed E-state index contributed by atoms with van der Waals surface area (Å²) in [4.78, 5) is 17.1. The molecule has 0 aromatic carbocycles. The molecule has 22 heavy (non-hydrogen) atoms. The standard InChI is InChI=1S/C16H25N3O3/c1-13-10-15(22-17-13)11-16(20)19-5-3-2-4-14(19)12-18-6-8-21-9-7-18/h10,14H,2-9,11-12H2,1H3. The highest BCUT2D eigenvalue weighted by atomic mass is 16.5. The van der Waals surface area contributed by atoms with Gasteiger partial charge in [0.25, 0.3) is 0 Å². The first-order valence-corrected chi connectivity index (χ1v) is 8.24. The molecule has 0 aliphatic carbocycles. The first kappa shape index (κ1) is 15.5. The highest BCUT2D eigenvalue weighted by Crippen LogP contribution is 2.20. The van der Waals surface area contributed by atoms with E-state index in [1.165, 1.54) is 6.42 Å². The van der Waals surface area contributed by atoms with Gasteiger partial charge in [-0.05, 0) is 26.2 Å². The molecule has 1 atom stereocenters. The van der Waals surface area contributed by atoms with Crippen molar-refractivity contribution in [3.05, 3.63) is 17.5 Å². The Hall–Kier alpha value is -1.40. The average molecular weight is 307 g/mol. The van der Waals surface area contributed by atoms with Crippen molar-refractivity contribution in [1.29, 1.82) is 0 Å². The number of morpholine rings is 1. The first-order chi connectivity index (χ1) is 10.7. The molecule has 0 bridgehead atoms. The van der Waals surface area contributed by atoms with E-state index in [-0.39, 0.29) is 5.91 Å². The van der Waals surface area contributed by atoms with E-state index in [0.29, 0.717) is 18.2 Å². The number of amides is 1. The summed E-state index contributed by atoms with van der Waals surface area (Å²) >= 11 is 0. The van der Waals surface area contributed by atoms with Gasteiger partial charge >= 0.3 is 0 Å². The first-order valence-electron chi connectivity index (χ1n) is 8.24. The molecule has 3 heterocycles. The summed E-state index contributed by atoms with van der Waals surface area (Å²) in [6.07, 6.45) is 3.72. The number of aromatic nitrogens is 1. The fourth-order valence-corrected chi connectivity index (χ4v) is 3.35. The second-order valence-corrected chi connectivity index (χ2v) is 6.26. The Balaban J connectivity index is 1.59. The zero-order chi connectivity index (χ0) is 15.4. The molecule has 0 N–H and O–H groups in total. The number of likely N-dealkylation sites (tertiary alicyclic amines) is 1. The highest BCUT2D eigenvalue weighted by molar-refractivity contribution is 5.78. The summed E-state index contributed by atoms with van der Waals surface area (Å²) in [6, 6.07) is 2.17. The third kappa shape index (κ3) is 3.87. The third-order valence-corrected chi connectivity index (χ3v) is 4.52. The summed E-state index contributed by atoms with van der Waals surface area (Å²) in [5.74, 6) is 0.826. The molecule has 6 heteroatoms. The Kier molecular flexibility index (Phi) is 5.10. The van der Waals surface area contributed by atoms with Gasteiger partial charge in [-0.25, -0.2) is 0 Å². The number of hydrogen-bond donors (Lipinski definition) is 0. The van der Waals surface area contributed by atoms with Crippen molar-refractivity contribution in [2.45, 2.75) is 38.6 Å².